The average Bonchev–Trinajstić information content (AvgIpc) is 3.34. The number of hydrogen-bond acceptors (Lipinski definition) is 5. The van der Waals surface area contributed by atoms with Gasteiger partial charge in [-0.2, -0.15) is 10.2 Å². The molecule has 0 spiro atoms. The van der Waals surface area contributed by atoms with E-state index in [4.69, 9.17) is 0 Å². The highest BCUT2D eigenvalue weighted by molar-refractivity contribution is 5.76. The monoisotopic (exact) mass is 368 g/mol. The fourth-order valence-corrected chi connectivity index (χ4v) is 3.46. The van der Waals surface area contributed by atoms with Gasteiger partial charge in [0.25, 0.3) is 0 Å². The van der Waals surface area contributed by atoms with Crippen molar-refractivity contribution in [2.75, 3.05) is 0 Å². The lowest BCUT2D eigenvalue weighted by atomic mass is 9.79. The number of nitrogens with one attached hydrogen (secondary N) is 1. The van der Waals surface area contributed by atoms with Gasteiger partial charge >= 0.3 is 0 Å². The molecule has 1 amide bonds. The summed E-state index contributed by atoms with van der Waals surface area (Å²) in [6.45, 7) is 3.21. The molecule has 27 heavy (non-hydrogen) atoms. The molecular weight excluding hydrogens is 344 g/mol. The average molecular weight is 368 g/mol. The molecule has 3 aromatic heterocycles. The number of carbonyl (C=O) groups excluding carboxylic acids is 1. The Kier molecular flexibility index (Phi) is 4.74. The van der Waals surface area contributed by atoms with Crippen LogP contribution < -0.4 is 5.32 Å². The van der Waals surface area contributed by atoms with Gasteiger partial charge in [-0.3, -0.25) is 14.2 Å². The molecule has 3 heterocycles. The summed E-state index contributed by atoms with van der Waals surface area (Å²) in [4.78, 5) is 12.1. The number of aromatic nitrogens is 7. The van der Waals surface area contributed by atoms with Crippen LogP contribution in [0.4, 0.5) is 0 Å². The second-order valence-corrected chi connectivity index (χ2v) is 7.20. The maximum Gasteiger partial charge on any atom is 0.222 e. The minimum Gasteiger partial charge on any atom is -0.353 e. The number of hydrogen-bond donors (Lipinski definition) is 1. The molecule has 1 fully saturated rings. The lowest BCUT2D eigenvalue weighted by Gasteiger charge is -2.35. The summed E-state index contributed by atoms with van der Waals surface area (Å²) in [5.41, 5.74) is 1.10. The van der Waals surface area contributed by atoms with Gasteiger partial charge in [0.2, 0.25) is 5.91 Å². The van der Waals surface area contributed by atoms with E-state index in [9.17, 15) is 4.79 Å². The summed E-state index contributed by atoms with van der Waals surface area (Å²) in [7, 11) is 1.99. The maximum atomic E-state index is 12.1. The molecule has 9 heteroatoms. The van der Waals surface area contributed by atoms with E-state index in [1.165, 1.54) is 0 Å². The Bertz CT molecular complexity index is 904. The van der Waals surface area contributed by atoms with E-state index in [1.54, 1.807) is 17.1 Å². The van der Waals surface area contributed by atoms with Crippen LogP contribution >= 0.6 is 0 Å². The van der Waals surface area contributed by atoms with E-state index < -0.39 is 0 Å². The first kappa shape index (κ1) is 17.4. The summed E-state index contributed by atoms with van der Waals surface area (Å²) < 4.78 is 5.68. The third kappa shape index (κ3) is 3.91. The van der Waals surface area contributed by atoms with Crippen LogP contribution in [-0.2, 0) is 24.9 Å². The Labute approximate surface area is 157 Å². The van der Waals surface area contributed by atoms with E-state index in [1.807, 2.05) is 41.7 Å². The Morgan fingerprint density at radius 3 is 2.81 bits per heavy atom. The molecule has 0 radical (unpaired) electrons. The fourth-order valence-electron chi connectivity index (χ4n) is 3.46. The second-order valence-electron chi connectivity index (χ2n) is 7.20. The maximum absolute atomic E-state index is 12.1. The summed E-state index contributed by atoms with van der Waals surface area (Å²) in [6.07, 6.45) is 9.66. The van der Waals surface area contributed by atoms with Crippen molar-refractivity contribution in [2.45, 2.75) is 51.2 Å². The summed E-state index contributed by atoms with van der Waals surface area (Å²) >= 11 is 0. The zero-order valence-electron chi connectivity index (χ0n) is 15.6. The molecule has 0 bridgehead atoms. The van der Waals surface area contributed by atoms with Crippen molar-refractivity contribution < 1.29 is 4.79 Å². The number of nitrogens with zero attached hydrogens (tertiary/aromatic N) is 7. The summed E-state index contributed by atoms with van der Waals surface area (Å²) in [5, 5.41) is 20.2. The molecule has 3 aromatic rings. The summed E-state index contributed by atoms with van der Waals surface area (Å²) in [6, 6.07) is 2.11. The van der Waals surface area contributed by atoms with Crippen molar-refractivity contribution in [3.8, 4) is 0 Å². The minimum atomic E-state index is 0.0731. The molecule has 0 atom stereocenters. The number of aryl methyl sites for hydroxylation is 2. The van der Waals surface area contributed by atoms with Crippen molar-refractivity contribution in [3.05, 3.63) is 48.1 Å². The molecule has 1 N–H and O–H groups in total. The van der Waals surface area contributed by atoms with E-state index in [-0.39, 0.29) is 11.9 Å². The highest BCUT2D eigenvalue weighted by Crippen LogP contribution is 2.35. The van der Waals surface area contributed by atoms with Gasteiger partial charge in [0.05, 0.1) is 6.20 Å². The first-order valence-electron chi connectivity index (χ1n) is 9.22. The third-order valence-electron chi connectivity index (χ3n) is 5.06. The van der Waals surface area contributed by atoms with E-state index in [2.05, 4.69) is 25.7 Å². The van der Waals surface area contributed by atoms with Crippen molar-refractivity contribution >= 4 is 5.91 Å². The van der Waals surface area contributed by atoms with Crippen LogP contribution in [0, 0.1) is 6.92 Å². The normalized spacial score (nSPS) is 19.0. The number of rotatable bonds is 7. The van der Waals surface area contributed by atoms with Crippen molar-refractivity contribution in [2.24, 2.45) is 7.05 Å². The fraction of sp³-hybridized carbons (Fsp3) is 0.500. The molecule has 9 nitrogen and oxygen atoms in total. The van der Waals surface area contributed by atoms with Gasteiger partial charge in [-0.25, -0.2) is 0 Å². The van der Waals surface area contributed by atoms with Gasteiger partial charge in [-0.1, -0.05) is 0 Å². The third-order valence-corrected chi connectivity index (χ3v) is 5.06. The van der Waals surface area contributed by atoms with Gasteiger partial charge in [-0.15, -0.1) is 10.2 Å². The van der Waals surface area contributed by atoms with Crippen molar-refractivity contribution in [3.63, 3.8) is 0 Å². The Morgan fingerprint density at radius 1 is 1.26 bits per heavy atom. The molecule has 0 aliphatic heterocycles. The van der Waals surface area contributed by atoms with Gasteiger partial charge in [-0.05, 0) is 31.4 Å². The lowest BCUT2D eigenvalue weighted by molar-refractivity contribution is -0.122. The van der Waals surface area contributed by atoms with Crippen LogP contribution in [0.2, 0.25) is 0 Å². The van der Waals surface area contributed by atoms with E-state index in [0.717, 1.165) is 30.1 Å². The van der Waals surface area contributed by atoms with Crippen LogP contribution in [0.3, 0.4) is 0 Å². The van der Waals surface area contributed by atoms with Crippen LogP contribution in [0.5, 0.6) is 0 Å². The van der Waals surface area contributed by atoms with Crippen LogP contribution in [0.1, 0.15) is 42.4 Å². The number of carbonyl (C=O) groups is 1. The van der Waals surface area contributed by atoms with Crippen LogP contribution in [0.25, 0.3) is 0 Å². The molecule has 0 aromatic carbocycles. The molecule has 0 unspecified atom stereocenters. The van der Waals surface area contributed by atoms with Crippen molar-refractivity contribution in [1.29, 1.82) is 0 Å². The second kappa shape index (κ2) is 7.34. The quantitative estimate of drug-likeness (QED) is 0.672. The standard InChI is InChI=1S/C18H24N8O/c1-13-10-20-26(11-13)7-4-17(27)21-15-8-14(9-15)18-23-22-16(24(18)2)12-25-6-3-5-19-25/h3,5-6,10-11,14-15H,4,7-9,12H2,1-2H3,(H,21,27). The van der Waals surface area contributed by atoms with Gasteiger partial charge in [0.1, 0.15) is 12.4 Å². The first-order valence-corrected chi connectivity index (χ1v) is 9.22. The molecule has 1 aliphatic rings. The smallest absolute Gasteiger partial charge is 0.222 e. The summed E-state index contributed by atoms with van der Waals surface area (Å²) in [5.74, 6) is 2.28. The molecular formula is C18H24N8O. The van der Waals surface area contributed by atoms with Gasteiger partial charge < -0.3 is 9.88 Å². The van der Waals surface area contributed by atoms with Crippen molar-refractivity contribution in [1.82, 2.24) is 39.6 Å². The molecule has 4 rings (SSSR count). The van der Waals surface area contributed by atoms with E-state index in [0.29, 0.717) is 25.4 Å². The molecule has 0 saturated heterocycles. The van der Waals surface area contributed by atoms with Crippen LogP contribution in [-0.4, -0.2) is 46.3 Å². The highest BCUT2D eigenvalue weighted by atomic mass is 16.1. The highest BCUT2D eigenvalue weighted by Gasteiger charge is 2.34. The Hall–Kier alpha value is -2.97. The van der Waals surface area contributed by atoms with Crippen LogP contribution in [0.15, 0.2) is 30.9 Å². The largest absolute Gasteiger partial charge is 0.353 e. The minimum absolute atomic E-state index is 0.0731. The Balaban J connectivity index is 1.24. The van der Waals surface area contributed by atoms with Gasteiger partial charge in [0, 0.05) is 50.6 Å². The Morgan fingerprint density at radius 2 is 2.11 bits per heavy atom. The predicted octanol–water partition coefficient (Wildman–Crippen LogP) is 1.02. The number of amides is 1. The molecule has 142 valence electrons. The van der Waals surface area contributed by atoms with Gasteiger partial charge in [0.15, 0.2) is 5.82 Å². The topological polar surface area (TPSA) is 95.4 Å². The lowest BCUT2D eigenvalue weighted by Crippen LogP contribution is -2.44. The van der Waals surface area contributed by atoms with E-state index >= 15 is 0 Å². The first-order chi connectivity index (χ1) is 13.1. The zero-order chi connectivity index (χ0) is 18.8. The predicted molar refractivity (Wildman–Crippen MR) is 97.8 cm³/mol. The zero-order valence-corrected chi connectivity index (χ0v) is 15.6. The SMILES string of the molecule is Cc1cnn(CCC(=O)NC2CC(c3nnc(Cn4cccn4)n3C)C2)c1. The molecule has 1 aliphatic carbocycles. The molecule has 1 saturated carbocycles.